The van der Waals surface area contributed by atoms with Crippen LogP contribution in [0, 0.1) is 5.82 Å². The van der Waals surface area contributed by atoms with Gasteiger partial charge in [0.15, 0.2) is 17.0 Å². The van der Waals surface area contributed by atoms with E-state index in [1.807, 2.05) is 9.47 Å². The Morgan fingerprint density at radius 1 is 1.42 bits per heavy atom. The minimum absolute atomic E-state index is 0.242. The van der Waals surface area contributed by atoms with Gasteiger partial charge in [0, 0.05) is 43.5 Å². The Morgan fingerprint density at radius 2 is 2.19 bits per heavy atom. The van der Waals surface area contributed by atoms with E-state index in [4.69, 9.17) is 4.74 Å². The highest BCUT2D eigenvalue weighted by Crippen LogP contribution is 2.43. The van der Waals surface area contributed by atoms with Crippen LogP contribution in [0.4, 0.5) is 10.1 Å². The van der Waals surface area contributed by atoms with Crippen molar-refractivity contribution in [1.82, 2.24) is 9.88 Å². The highest BCUT2D eigenvalue weighted by molar-refractivity contribution is 5.92. The lowest BCUT2D eigenvalue weighted by Crippen LogP contribution is -2.49. The molecule has 26 heavy (non-hydrogen) atoms. The fraction of sp³-hybridized carbons (Fsp3) is 0.526. The summed E-state index contributed by atoms with van der Waals surface area (Å²) in [5.74, 6) is -0.0550. The van der Waals surface area contributed by atoms with Gasteiger partial charge >= 0.3 is 0 Å². The van der Waals surface area contributed by atoms with Gasteiger partial charge in [0.25, 0.3) is 0 Å². The molecule has 1 saturated carbocycles. The predicted octanol–water partition coefficient (Wildman–Crippen LogP) is 1.77. The van der Waals surface area contributed by atoms with Gasteiger partial charge in [0.1, 0.15) is 5.69 Å². The number of halogens is 1. The molecule has 0 spiro atoms. The first kappa shape index (κ1) is 17.3. The van der Waals surface area contributed by atoms with Crippen molar-refractivity contribution in [1.29, 1.82) is 0 Å². The van der Waals surface area contributed by atoms with Crippen molar-refractivity contribution in [3.63, 3.8) is 0 Å². The third kappa shape index (κ3) is 2.75. The van der Waals surface area contributed by atoms with E-state index in [0.29, 0.717) is 30.0 Å². The summed E-state index contributed by atoms with van der Waals surface area (Å²) < 4.78 is 22.7. The molecule has 4 rings (SSSR count). The van der Waals surface area contributed by atoms with E-state index >= 15 is 4.39 Å². The summed E-state index contributed by atoms with van der Waals surface area (Å²) in [6.45, 7) is 3.81. The van der Waals surface area contributed by atoms with Gasteiger partial charge in [0.05, 0.1) is 24.6 Å². The van der Waals surface area contributed by atoms with E-state index in [2.05, 4.69) is 12.2 Å². The molecular weight excluding hydrogens is 337 g/mol. The summed E-state index contributed by atoms with van der Waals surface area (Å²) in [7, 11) is 1.52. The number of benzene rings is 1. The van der Waals surface area contributed by atoms with E-state index < -0.39 is 5.82 Å². The molecule has 1 saturated heterocycles. The topological polar surface area (TPSA) is 66.7 Å². The number of pyridine rings is 1. The molecule has 2 fully saturated rings. The molecule has 0 bridgehead atoms. The Hall–Kier alpha value is -2.12. The average Bonchev–Trinajstić information content (AvgIpc) is 3.46. The van der Waals surface area contributed by atoms with E-state index in [0.717, 1.165) is 19.4 Å². The van der Waals surface area contributed by atoms with Crippen LogP contribution in [0.5, 0.6) is 5.75 Å². The maximum Gasteiger partial charge on any atom is 0.195 e. The van der Waals surface area contributed by atoms with Crippen molar-refractivity contribution >= 4 is 16.6 Å². The molecule has 1 aromatic heterocycles. The summed E-state index contributed by atoms with van der Waals surface area (Å²) in [4.78, 5) is 14.7. The summed E-state index contributed by atoms with van der Waals surface area (Å²) in [6.07, 6.45) is 3.71. The molecule has 2 aromatic rings. The van der Waals surface area contributed by atoms with E-state index in [9.17, 15) is 9.90 Å². The molecule has 7 heteroatoms. The third-order valence-electron chi connectivity index (χ3n) is 5.27. The number of fused-ring (bicyclic) bond motifs is 1. The first-order valence-corrected chi connectivity index (χ1v) is 9.08. The number of aliphatic hydroxyl groups is 1. The van der Waals surface area contributed by atoms with Crippen LogP contribution in [0.3, 0.4) is 0 Å². The van der Waals surface area contributed by atoms with Crippen molar-refractivity contribution in [3.05, 3.63) is 33.9 Å². The number of rotatable bonds is 4. The predicted molar refractivity (Wildman–Crippen MR) is 98.6 cm³/mol. The van der Waals surface area contributed by atoms with Crippen LogP contribution in [0.25, 0.3) is 10.9 Å². The highest BCUT2D eigenvalue weighted by Gasteiger charge is 2.31. The zero-order valence-corrected chi connectivity index (χ0v) is 15.1. The van der Waals surface area contributed by atoms with Crippen molar-refractivity contribution in [2.75, 3.05) is 31.6 Å². The molecule has 140 valence electrons. The quantitative estimate of drug-likeness (QED) is 0.869. The lowest BCUT2D eigenvalue weighted by Gasteiger charge is -2.35. The van der Waals surface area contributed by atoms with Gasteiger partial charge in [-0.2, -0.15) is 0 Å². The van der Waals surface area contributed by atoms with Gasteiger partial charge in [-0.05, 0) is 25.8 Å². The monoisotopic (exact) mass is 361 g/mol. The zero-order chi connectivity index (χ0) is 18.4. The van der Waals surface area contributed by atoms with Crippen molar-refractivity contribution in [2.24, 2.45) is 0 Å². The number of hydrogen-bond donors (Lipinski definition) is 2. The van der Waals surface area contributed by atoms with Crippen molar-refractivity contribution in [2.45, 2.75) is 38.5 Å². The number of aromatic nitrogens is 1. The lowest BCUT2D eigenvalue weighted by molar-refractivity contribution is 0.280. The van der Waals surface area contributed by atoms with Crippen LogP contribution in [-0.2, 0) is 6.61 Å². The standard InChI is InChI=1S/C19H24FN3O3/c1-11-8-22(6-5-21-11)17-15(20)7-14-16(19(17)26-2)23(13-3-4-13)9-12(10-24)18(14)25/h7,9,11,13,21,24H,3-6,8,10H2,1-2H3. The summed E-state index contributed by atoms with van der Waals surface area (Å²) in [6, 6.07) is 1.81. The van der Waals surface area contributed by atoms with E-state index in [1.54, 1.807) is 6.20 Å². The van der Waals surface area contributed by atoms with Crippen molar-refractivity contribution < 1.29 is 14.2 Å². The number of ether oxygens (including phenoxy) is 1. The van der Waals surface area contributed by atoms with Crippen LogP contribution in [0.15, 0.2) is 17.1 Å². The van der Waals surface area contributed by atoms with Gasteiger partial charge < -0.3 is 24.6 Å². The van der Waals surface area contributed by atoms with Gasteiger partial charge in [-0.25, -0.2) is 4.39 Å². The molecule has 6 nitrogen and oxygen atoms in total. The lowest BCUT2D eigenvalue weighted by atomic mass is 10.1. The molecule has 1 aliphatic heterocycles. The zero-order valence-electron chi connectivity index (χ0n) is 15.1. The van der Waals surface area contributed by atoms with Gasteiger partial charge in [-0.15, -0.1) is 0 Å². The smallest absolute Gasteiger partial charge is 0.195 e. The van der Waals surface area contributed by atoms with Crippen LogP contribution in [-0.4, -0.2) is 42.5 Å². The van der Waals surface area contributed by atoms with Crippen LogP contribution in [0.2, 0.25) is 0 Å². The Balaban J connectivity index is 2.01. The Labute approximate surface area is 151 Å². The fourth-order valence-electron chi connectivity index (χ4n) is 3.88. The van der Waals surface area contributed by atoms with Gasteiger partial charge in [-0.3, -0.25) is 4.79 Å². The number of nitrogens with one attached hydrogen (secondary N) is 1. The van der Waals surface area contributed by atoms with Crippen LogP contribution in [0.1, 0.15) is 31.4 Å². The first-order chi connectivity index (χ1) is 12.5. The third-order valence-corrected chi connectivity index (χ3v) is 5.27. The minimum Gasteiger partial charge on any atom is -0.492 e. The van der Waals surface area contributed by atoms with Crippen LogP contribution >= 0.6 is 0 Å². The number of anilines is 1. The van der Waals surface area contributed by atoms with Gasteiger partial charge in [-0.1, -0.05) is 0 Å². The second-order valence-corrected chi connectivity index (χ2v) is 7.22. The second-order valence-electron chi connectivity index (χ2n) is 7.22. The minimum atomic E-state index is -0.460. The SMILES string of the molecule is COc1c(N2CCNC(C)C2)c(F)cc2c(=O)c(CO)cn(C3CC3)c12. The molecule has 0 radical (unpaired) electrons. The first-order valence-electron chi connectivity index (χ1n) is 9.08. The molecule has 1 aliphatic carbocycles. The number of aliphatic hydroxyl groups excluding tert-OH is 1. The second kappa shape index (κ2) is 6.55. The molecule has 2 heterocycles. The maximum atomic E-state index is 15.1. The Kier molecular flexibility index (Phi) is 4.36. The molecular formula is C19H24FN3O3. The molecule has 2 N–H and O–H groups in total. The highest BCUT2D eigenvalue weighted by atomic mass is 19.1. The molecule has 0 amide bonds. The Morgan fingerprint density at radius 3 is 2.81 bits per heavy atom. The van der Waals surface area contributed by atoms with E-state index in [-0.39, 0.29) is 35.1 Å². The summed E-state index contributed by atoms with van der Waals surface area (Å²) in [5, 5.41) is 13.2. The molecule has 2 aliphatic rings. The largest absolute Gasteiger partial charge is 0.492 e. The summed E-state index contributed by atoms with van der Waals surface area (Å²) in [5.41, 5.74) is 0.991. The van der Waals surface area contributed by atoms with Gasteiger partial charge in [0.2, 0.25) is 0 Å². The number of hydrogen-bond acceptors (Lipinski definition) is 5. The van der Waals surface area contributed by atoms with Crippen LogP contribution < -0.4 is 20.4 Å². The number of nitrogens with zero attached hydrogens (tertiary/aromatic N) is 2. The molecule has 1 unspecified atom stereocenters. The van der Waals surface area contributed by atoms with Crippen molar-refractivity contribution in [3.8, 4) is 5.75 Å². The number of piperazine rings is 1. The summed E-state index contributed by atoms with van der Waals surface area (Å²) >= 11 is 0. The average molecular weight is 361 g/mol. The normalized spacial score (nSPS) is 20.6. The molecule has 1 aromatic carbocycles. The maximum absolute atomic E-state index is 15.1. The Bertz CT molecular complexity index is 907. The molecule has 1 atom stereocenters. The fourth-order valence-corrected chi connectivity index (χ4v) is 3.88. The van der Waals surface area contributed by atoms with E-state index in [1.165, 1.54) is 13.2 Å². The number of methoxy groups -OCH3 is 1.